The number of allylic oxidation sites excluding steroid dienone is 2. The van der Waals surface area contributed by atoms with E-state index in [-0.39, 0.29) is 0 Å². The zero-order valence-corrected chi connectivity index (χ0v) is 21.9. The lowest BCUT2D eigenvalue weighted by atomic mass is 10.1. The van der Waals surface area contributed by atoms with Crippen LogP contribution in [0.2, 0.25) is 0 Å². The van der Waals surface area contributed by atoms with Gasteiger partial charge in [-0.3, -0.25) is 0 Å². The van der Waals surface area contributed by atoms with Gasteiger partial charge in [0.25, 0.3) is 0 Å². The van der Waals surface area contributed by atoms with Crippen LogP contribution in [0.1, 0.15) is 136 Å². The third kappa shape index (κ3) is 29.9. The summed E-state index contributed by atoms with van der Waals surface area (Å²) in [6.45, 7) is 5.39. The minimum atomic E-state index is -0.630. The van der Waals surface area contributed by atoms with Crippen LogP contribution in [-0.2, 0) is 0 Å². The molecule has 4 N–H and O–H groups in total. The van der Waals surface area contributed by atoms with Gasteiger partial charge >= 0.3 is 0 Å². The van der Waals surface area contributed by atoms with Crippen molar-refractivity contribution in [1.82, 2.24) is 0 Å². The molecule has 0 fully saturated rings. The van der Waals surface area contributed by atoms with Gasteiger partial charge in [0.2, 0.25) is 0 Å². The maximum atomic E-state index is 8.71. The summed E-state index contributed by atoms with van der Waals surface area (Å²) in [6.07, 6.45) is 28.5. The van der Waals surface area contributed by atoms with Gasteiger partial charge in [0.1, 0.15) is 0 Å². The molecule has 3 nitrogen and oxygen atoms in total. The van der Waals surface area contributed by atoms with Gasteiger partial charge in [-0.2, -0.15) is 0 Å². The standard InChI is InChI=1S/C22H43Cl.C5H13NO2/c1-2-3-4-5-6-7-8-9-10-11-12-13-14-15-16-17-18-19-20-21-22-23;1-3(7)5(6)4(2)8/h9-10H,2-8,11-22H2,1H3;3-5,7-8H,6H2,1-2H3/b10-9-;. The van der Waals surface area contributed by atoms with Crippen molar-refractivity contribution < 1.29 is 10.2 Å². The molecular formula is C27H56ClNO2. The summed E-state index contributed by atoms with van der Waals surface area (Å²) in [5.41, 5.74) is 5.26. The molecule has 0 saturated carbocycles. The first-order chi connectivity index (χ1) is 15.0. The highest BCUT2D eigenvalue weighted by Gasteiger charge is 2.13. The normalized spacial score (nSPS) is 14.3. The number of alkyl halides is 1. The van der Waals surface area contributed by atoms with Crippen LogP contribution in [0.3, 0.4) is 0 Å². The number of aliphatic hydroxyl groups excluding tert-OH is 2. The van der Waals surface area contributed by atoms with Crippen molar-refractivity contribution in [1.29, 1.82) is 0 Å². The Morgan fingerprint density at radius 2 is 0.935 bits per heavy atom. The SMILES string of the molecule is CC(O)C(N)C(C)O.CCCCCCCC/C=C\CCCCCCCCCCCCCl. The lowest BCUT2D eigenvalue weighted by Gasteiger charge is -2.16. The van der Waals surface area contributed by atoms with Crippen LogP contribution in [0, 0.1) is 0 Å². The van der Waals surface area contributed by atoms with E-state index in [4.69, 9.17) is 27.5 Å². The Balaban J connectivity index is 0. The van der Waals surface area contributed by atoms with Gasteiger partial charge in [0.05, 0.1) is 18.2 Å². The fourth-order valence-corrected chi connectivity index (χ4v) is 3.64. The van der Waals surface area contributed by atoms with Crippen molar-refractivity contribution in [3.05, 3.63) is 12.2 Å². The summed E-state index contributed by atoms with van der Waals surface area (Å²) >= 11 is 5.68. The molecule has 0 aromatic heterocycles. The van der Waals surface area contributed by atoms with E-state index in [9.17, 15) is 0 Å². The number of unbranched alkanes of at least 4 members (excludes halogenated alkanes) is 16. The Hall–Kier alpha value is -0.0900. The first kappa shape index (κ1) is 33.1. The molecule has 0 bridgehead atoms. The molecule has 2 atom stereocenters. The number of hydrogen-bond donors (Lipinski definition) is 3. The maximum absolute atomic E-state index is 8.71. The molecule has 0 aliphatic carbocycles. The quantitative estimate of drug-likeness (QED) is 0.0923. The predicted molar refractivity (Wildman–Crippen MR) is 140 cm³/mol. The Morgan fingerprint density at radius 3 is 1.23 bits per heavy atom. The molecule has 4 heteroatoms. The van der Waals surface area contributed by atoms with Gasteiger partial charge in [0, 0.05) is 5.88 Å². The summed E-state index contributed by atoms with van der Waals surface area (Å²) in [5.74, 6) is 0.841. The molecule has 2 unspecified atom stereocenters. The van der Waals surface area contributed by atoms with Crippen molar-refractivity contribution in [2.45, 2.75) is 155 Å². The minimum absolute atomic E-state index is 0.519. The van der Waals surface area contributed by atoms with Crippen LogP contribution >= 0.6 is 11.6 Å². The summed E-state index contributed by atoms with van der Waals surface area (Å²) in [7, 11) is 0. The zero-order valence-electron chi connectivity index (χ0n) is 21.2. The van der Waals surface area contributed by atoms with Crippen LogP contribution in [0.4, 0.5) is 0 Å². The number of rotatable bonds is 21. The van der Waals surface area contributed by atoms with Gasteiger partial charge < -0.3 is 15.9 Å². The Bertz CT molecular complexity index is 340. The van der Waals surface area contributed by atoms with Gasteiger partial charge in [-0.05, 0) is 46.0 Å². The molecule has 0 aromatic rings. The van der Waals surface area contributed by atoms with Crippen molar-refractivity contribution in [2.24, 2.45) is 5.73 Å². The van der Waals surface area contributed by atoms with E-state index < -0.39 is 18.2 Å². The largest absolute Gasteiger partial charge is 0.392 e. The van der Waals surface area contributed by atoms with Crippen molar-refractivity contribution in [2.75, 3.05) is 5.88 Å². The van der Waals surface area contributed by atoms with E-state index in [0.717, 1.165) is 5.88 Å². The second-order valence-corrected chi connectivity index (χ2v) is 9.48. The molecule has 31 heavy (non-hydrogen) atoms. The Kier molecular flexibility index (Phi) is 29.8. The van der Waals surface area contributed by atoms with E-state index in [0.29, 0.717) is 0 Å². The number of aliphatic hydroxyl groups is 2. The monoisotopic (exact) mass is 461 g/mol. The highest BCUT2D eigenvalue weighted by Crippen LogP contribution is 2.12. The van der Waals surface area contributed by atoms with Crippen molar-refractivity contribution in [3.63, 3.8) is 0 Å². The van der Waals surface area contributed by atoms with Gasteiger partial charge in [-0.25, -0.2) is 0 Å². The summed E-state index contributed by atoms with van der Waals surface area (Å²) in [4.78, 5) is 0. The maximum Gasteiger partial charge on any atom is 0.0688 e. The number of hydrogen-bond acceptors (Lipinski definition) is 3. The molecule has 0 amide bonds. The smallest absolute Gasteiger partial charge is 0.0688 e. The van der Waals surface area contributed by atoms with Gasteiger partial charge in [-0.15, -0.1) is 11.6 Å². The molecule has 0 rings (SSSR count). The predicted octanol–water partition coefficient (Wildman–Crippen LogP) is 7.90. The van der Waals surface area contributed by atoms with Crippen LogP contribution in [-0.4, -0.2) is 34.3 Å². The first-order valence-electron chi connectivity index (χ1n) is 13.3. The van der Waals surface area contributed by atoms with Crippen LogP contribution in [0.15, 0.2) is 12.2 Å². The fourth-order valence-electron chi connectivity index (χ4n) is 3.45. The van der Waals surface area contributed by atoms with Gasteiger partial charge in [0.15, 0.2) is 0 Å². The third-order valence-electron chi connectivity index (χ3n) is 5.76. The first-order valence-corrected chi connectivity index (χ1v) is 13.8. The average molecular weight is 462 g/mol. The Morgan fingerprint density at radius 1 is 0.613 bits per heavy atom. The van der Waals surface area contributed by atoms with Crippen molar-refractivity contribution in [3.8, 4) is 0 Å². The van der Waals surface area contributed by atoms with Crippen LogP contribution in [0.5, 0.6) is 0 Å². The van der Waals surface area contributed by atoms with E-state index in [1.165, 1.54) is 116 Å². The minimum Gasteiger partial charge on any atom is -0.392 e. The second kappa shape index (κ2) is 27.9. The van der Waals surface area contributed by atoms with E-state index in [1.54, 1.807) is 13.8 Å². The lowest BCUT2D eigenvalue weighted by molar-refractivity contribution is 0.0759. The summed E-state index contributed by atoms with van der Waals surface area (Å²) in [5, 5.41) is 17.4. The third-order valence-corrected chi connectivity index (χ3v) is 6.03. The molecular weight excluding hydrogens is 406 g/mol. The van der Waals surface area contributed by atoms with Crippen molar-refractivity contribution >= 4 is 11.6 Å². The molecule has 0 saturated heterocycles. The molecule has 0 aliphatic heterocycles. The Labute approximate surface area is 200 Å². The molecule has 0 aromatic carbocycles. The van der Waals surface area contributed by atoms with E-state index in [2.05, 4.69) is 19.1 Å². The second-order valence-electron chi connectivity index (χ2n) is 9.10. The number of nitrogens with two attached hydrogens (primary N) is 1. The van der Waals surface area contributed by atoms with Crippen LogP contribution in [0.25, 0.3) is 0 Å². The molecule has 0 heterocycles. The highest BCUT2D eigenvalue weighted by atomic mass is 35.5. The van der Waals surface area contributed by atoms with Crippen LogP contribution < -0.4 is 5.73 Å². The fraction of sp³-hybridized carbons (Fsp3) is 0.926. The summed E-state index contributed by atoms with van der Waals surface area (Å²) < 4.78 is 0. The molecule has 0 radical (unpaired) electrons. The zero-order chi connectivity index (χ0) is 23.6. The molecule has 188 valence electrons. The van der Waals surface area contributed by atoms with E-state index >= 15 is 0 Å². The molecule has 0 spiro atoms. The van der Waals surface area contributed by atoms with Gasteiger partial charge in [-0.1, -0.05) is 103 Å². The summed E-state index contributed by atoms with van der Waals surface area (Å²) in [6, 6.07) is -0.519. The topological polar surface area (TPSA) is 66.5 Å². The highest BCUT2D eigenvalue weighted by molar-refractivity contribution is 6.17. The average Bonchev–Trinajstić information content (AvgIpc) is 2.75. The number of halogens is 1. The molecule has 0 aliphatic rings. The van der Waals surface area contributed by atoms with E-state index in [1.807, 2.05) is 0 Å². The lowest BCUT2D eigenvalue weighted by Crippen LogP contribution is -2.41.